The van der Waals surface area contributed by atoms with Crippen LogP contribution in [0.25, 0.3) is 0 Å². The van der Waals surface area contributed by atoms with Crippen molar-refractivity contribution < 1.29 is 23.1 Å². The van der Waals surface area contributed by atoms with E-state index in [1.807, 2.05) is 0 Å². The zero-order valence-corrected chi connectivity index (χ0v) is 11.2. The first-order valence-corrected chi connectivity index (χ1v) is 5.82. The molecular weight excluding hydrogens is 268 g/mol. The Morgan fingerprint density at radius 2 is 1.85 bits per heavy atom. The van der Waals surface area contributed by atoms with Gasteiger partial charge in [-0.15, -0.1) is 6.58 Å². The number of esters is 1. The van der Waals surface area contributed by atoms with Gasteiger partial charge in [0, 0.05) is 11.6 Å². The van der Waals surface area contributed by atoms with Crippen molar-refractivity contribution in [3.05, 3.63) is 47.5 Å². The first-order valence-electron chi connectivity index (χ1n) is 5.82. The third-order valence-corrected chi connectivity index (χ3v) is 2.47. The van der Waals surface area contributed by atoms with Crippen LogP contribution < -0.4 is 5.32 Å². The van der Waals surface area contributed by atoms with Crippen molar-refractivity contribution in [3.8, 4) is 0 Å². The highest BCUT2D eigenvalue weighted by Crippen LogP contribution is 2.10. The predicted octanol–water partition coefficient (Wildman–Crippen LogP) is 2.20. The average Bonchev–Trinajstić information content (AvgIpc) is 2.35. The van der Waals surface area contributed by atoms with Gasteiger partial charge in [-0.25, -0.2) is 13.6 Å². The van der Waals surface area contributed by atoms with Crippen LogP contribution in [0.3, 0.4) is 0 Å². The number of methoxy groups -OCH3 is 1. The van der Waals surface area contributed by atoms with Gasteiger partial charge in [0.05, 0.1) is 7.11 Å². The smallest absolute Gasteiger partial charge is 0.328 e. The summed E-state index contributed by atoms with van der Waals surface area (Å²) in [5.41, 5.74) is 0.448. The number of benzene rings is 1. The molecule has 0 heterocycles. The molecule has 20 heavy (non-hydrogen) atoms. The summed E-state index contributed by atoms with van der Waals surface area (Å²) in [6, 6.07) is 1.47. The first-order chi connectivity index (χ1) is 9.33. The number of carbonyl (C=O) groups excluding carboxylic acids is 2. The van der Waals surface area contributed by atoms with E-state index < -0.39 is 29.6 Å². The molecule has 4 nitrogen and oxygen atoms in total. The minimum Gasteiger partial charge on any atom is -0.467 e. The number of rotatable bonds is 5. The molecule has 0 fully saturated rings. The summed E-state index contributed by atoms with van der Waals surface area (Å²) in [5, 5.41) is 2.36. The van der Waals surface area contributed by atoms with Gasteiger partial charge in [0.15, 0.2) is 0 Å². The highest BCUT2D eigenvalue weighted by atomic mass is 19.1. The van der Waals surface area contributed by atoms with Gasteiger partial charge in [-0.1, -0.05) is 5.57 Å². The second-order valence-corrected chi connectivity index (χ2v) is 4.37. The molecule has 0 aromatic heterocycles. The van der Waals surface area contributed by atoms with Crippen LogP contribution in [0.5, 0.6) is 0 Å². The van der Waals surface area contributed by atoms with Crippen molar-refractivity contribution in [1.29, 1.82) is 0 Å². The van der Waals surface area contributed by atoms with E-state index in [2.05, 4.69) is 16.6 Å². The molecule has 0 unspecified atom stereocenters. The third-order valence-electron chi connectivity index (χ3n) is 2.47. The number of nitrogens with one attached hydrogen (secondary N) is 1. The Bertz CT molecular complexity index is 523. The van der Waals surface area contributed by atoms with Gasteiger partial charge in [0.1, 0.15) is 17.7 Å². The molecule has 0 saturated carbocycles. The first kappa shape index (κ1) is 15.8. The van der Waals surface area contributed by atoms with Crippen molar-refractivity contribution in [1.82, 2.24) is 5.32 Å². The molecule has 0 aliphatic carbocycles. The molecule has 6 heteroatoms. The maximum atomic E-state index is 13.0. The Balaban J connectivity index is 2.89. The van der Waals surface area contributed by atoms with Gasteiger partial charge in [0.2, 0.25) is 0 Å². The molecule has 0 bridgehead atoms. The lowest BCUT2D eigenvalue weighted by Crippen LogP contribution is -2.41. The Morgan fingerprint density at radius 1 is 1.30 bits per heavy atom. The zero-order valence-electron chi connectivity index (χ0n) is 11.2. The van der Waals surface area contributed by atoms with Crippen LogP contribution in [0.4, 0.5) is 8.78 Å². The van der Waals surface area contributed by atoms with Crippen LogP contribution in [0.1, 0.15) is 23.7 Å². The zero-order chi connectivity index (χ0) is 15.3. The summed E-state index contributed by atoms with van der Waals surface area (Å²) in [6.45, 7) is 5.33. The molecule has 108 valence electrons. The lowest BCUT2D eigenvalue weighted by atomic mass is 10.1. The topological polar surface area (TPSA) is 55.4 Å². The van der Waals surface area contributed by atoms with Crippen LogP contribution >= 0.6 is 0 Å². The molecule has 0 aliphatic rings. The molecule has 1 aromatic rings. The van der Waals surface area contributed by atoms with Crippen molar-refractivity contribution >= 4 is 11.9 Å². The highest BCUT2D eigenvalue weighted by molar-refractivity contribution is 5.96. The van der Waals surface area contributed by atoms with Crippen LogP contribution in [0.15, 0.2) is 30.4 Å². The fourth-order valence-corrected chi connectivity index (χ4v) is 1.61. The average molecular weight is 283 g/mol. The fourth-order valence-electron chi connectivity index (χ4n) is 1.61. The summed E-state index contributed by atoms with van der Waals surface area (Å²) in [6.07, 6.45) is 0.177. The SMILES string of the molecule is C=C(C)C[C@@H](NC(=O)c1cc(F)cc(F)c1)C(=O)OC. The van der Waals surface area contributed by atoms with Crippen LogP contribution in [-0.2, 0) is 9.53 Å². The summed E-state index contributed by atoms with van der Waals surface area (Å²) in [4.78, 5) is 23.4. The van der Waals surface area contributed by atoms with Crippen molar-refractivity contribution in [3.63, 3.8) is 0 Å². The number of ether oxygens (including phenoxy) is 1. The monoisotopic (exact) mass is 283 g/mol. The maximum Gasteiger partial charge on any atom is 0.328 e. The number of halogens is 2. The van der Waals surface area contributed by atoms with E-state index in [9.17, 15) is 18.4 Å². The lowest BCUT2D eigenvalue weighted by Gasteiger charge is -2.16. The largest absolute Gasteiger partial charge is 0.467 e. The normalized spacial score (nSPS) is 11.6. The van der Waals surface area contributed by atoms with E-state index in [0.29, 0.717) is 11.6 Å². The third kappa shape index (κ3) is 4.46. The molecule has 1 amide bonds. The van der Waals surface area contributed by atoms with E-state index in [0.717, 1.165) is 12.1 Å². The lowest BCUT2D eigenvalue weighted by molar-refractivity contribution is -0.142. The molecule has 1 aromatic carbocycles. The summed E-state index contributed by atoms with van der Waals surface area (Å²) < 4.78 is 30.6. The van der Waals surface area contributed by atoms with E-state index in [-0.39, 0.29) is 12.0 Å². The van der Waals surface area contributed by atoms with Crippen LogP contribution in [0.2, 0.25) is 0 Å². The molecule has 0 aliphatic heterocycles. The number of amides is 1. The maximum absolute atomic E-state index is 13.0. The van der Waals surface area contributed by atoms with Gasteiger partial charge in [0.25, 0.3) is 5.91 Å². The van der Waals surface area contributed by atoms with Gasteiger partial charge >= 0.3 is 5.97 Å². The van der Waals surface area contributed by atoms with Crippen LogP contribution in [-0.4, -0.2) is 25.0 Å². The van der Waals surface area contributed by atoms with Gasteiger partial charge in [-0.3, -0.25) is 4.79 Å². The van der Waals surface area contributed by atoms with Crippen molar-refractivity contribution in [2.75, 3.05) is 7.11 Å². The summed E-state index contributed by atoms with van der Waals surface area (Å²) >= 11 is 0. The van der Waals surface area contributed by atoms with Gasteiger partial charge < -0.3 is 10.1 Å². The number of hydrogen-bond donors (Lipinski definition) is 1. The van der Waals surface area contributed by atoms with Crippen LogP contribution in [0, 0.1) is 11.6 Å². The number of carbonyl (C=O) groups is 2. The molecule has 0 saturated heterocycles. The molecule has 1 atom stereocenters. The molecule has 0 radical (unpaired) electrons. The van der Waals surface area contributed by atoms with E-state index in [4.69, 9.17) is 0 Å². The Kier molecular flexibility index (Phi) is 5.37. The Morgan fingerprint density at radius 3 is 2.30 bits per heavy atom. The minimum absolute atomic E-state index is 0.177. The fraction of sp³-hybridized carbons (Fsp3) is 0.286. The summed E-state index contributed by atoms with van der Waals surface area (Å²) in [5.74, 6) is -3.16. The number of hydrogen-bond acceptors (Lipinski definition) is 3. The predicted molar refractivity (Wildman–Crippen MR) is 69.1 cm³/mol. The second-order valence-electron chi connectivity index (χ2n) is 4.37. The van der Waals surface area contributed by atoms with E-state index >= 15 is 0 Å². The summed E-state index contributed by atoms with van der Waals surface area (Å²) in [7, 11) is 1.18. The Hall–Kier alpha value is -2.24. The quantitative estimate of drug-likeness (QED) is 0.666. The van der Waals surface area contributed by atoms with Crippen molar-refractivity contribution in [2.24, 2.45) is 0 Å². The van der Waals surface area contributed by atoms with Gasteiger partial charge in [-0.05, 0) is 25.5 Å². The van der Waals surface area contributed by atoms with E-state index in [1.54, 1.807) is 6.92 Å². The Labute approximate surface area is 115 Å². The molecule has 1 N–H and O–H groups in total. The molecule has 1 rings (SSSR count). The second kappa shape index (κ2) is 6.79. The molecule has 0 spiro atoms. The van der Waals surface area contributed by atoms with E-state index in [1.165, 1.54) is 7.11 Å². The minimum atomic E-state index is -0.948. The molecular formula is C14H15F2NO3. The van der Waals surface area contributed by atoms with Gasteiger partial charge in [-0.2, -0.15) is 0 Å². The van der Waals surface area contributed by atoms with Crippen molar-refractivity contribution in [2.45, 2.75) is 19.4 Å². The highest BCUT2D eigenvalue weighted by Gasteiger charge is 2.22. The standard InChI is InChI=1S/C14H15F2NO3/c1-8(2)4-12(14(19)20-3)17-13(18)9-5-10(15)7-11(16)6-9/h5-7,12H,1,4H2,2-3H3,(H,17,18)/t12-/m1/s1.